The SMILES string of the molecule is c1cc2ccc3ccc(-c4ccc(-n5c6ccccc6c6ccc7oc8ccccc8c7c65)cc4)c4ccc(c1)c2c34. The summed E-state index contributed by atoms with van der Waals surface area (Å²) in [6.07, 6.45) is 0. The van der Waals surface area contributed by atoms with Crippen LogP contribution in [-0.4, -0.2) is 4.57 Å². The molecule has 0 fully saturated rings. The number of nitrogens with zero attached hydrogens (tertiary/aromatic N) is 1. The average Bonchev–Trinajstić information content (AvgIpc) is 3.59. The van der Waals surface area contributed by atoms with Crippen molar-refractivity contribution in [1.29, 1.82) is 0 Å². The average molecular weight is 534 g/mol. The summed E-state index contributed by atoms with van der Waals surface area (Å²) < 4.78 is 8.71. The second-order valence-electron chi connectivity index (χ2n) is 11.3. The molecule has 0 aliphatic carbocycles. The normalized spacial score (nSPS) is 12.3. The molecule has 0 aliphatic heterocycles. The molecule has 0 saturated heterocycles. The highest BCUT2D eigenvalue weighted by Crippen LogP contribution is 2.42. The largest absolute Gasteiger partial charge is 0.456 e. The van der Waals surface area contributed by atoms with Crippen molar-refractivity contribution < 1.29 is 4.42 Å². The number of rotatable bonds is 2. The first kappa shape index (κ1) is 22.1. The fraction of sp³-hybridized carbons (Fsp3) is 0. The van der Waals surface area contributed by atoms with E-state index in [4.69, 9.17) is 4.42 Å². The lowest BCUT2D eigenvalue weighted by atomic mass is 9.90. The van der Waals surface area contributed by atoms with Gasteiger partial charge in [-0.25, -0.2) is 0 Å². The first-order chi connectivity index (χ1) is 20.8. The lowest BCUT2D eigenvalue weighted by Gasteiger charge is -2.15. The summed E-state index contributed by atoms with van der Waals surface area (Å²) >= 11 is 0. The Hall–Kier alpha value is -5.60. The maximum absolute atomic E-state index is 6.30. The van der Waals surface area contributed by atoms with E-state index in [2.05, 4.69) is 138 Å². The zero-order valence-electron chi connectivity index (χ0n) is 22.6. The van der Waals surface area contributed by atoms with Crippen LogP contribution in [0.2, 0.25) is 0 Å². The second-order valence-corrected chi connectivity index (χ2v) is 11.3. The van der Waals surface area contributed by atoms with Gasteiger partial charge in [-0.2, -0.15) is 0 Å². The minimum absolute atomic E-state index is 0.915. The summed E-state index contributed by atoms with van der Waals surface area (Å²) in [5.74, 6) is 0. The fourth-order valence-corrected chi connectivity index (χ4v) is 7.31. The van der Waals surface area contributed by atoms with Crippen LogP contribution in [-0.2, 0) is 0 Å². The van der Waals surface area contributed by atoms with Gasteiger partial charge < -0.3 is 8.98 Å². The van der Waals surface area contributed by atoms with E-state index in [0.717, 1.165) is 27.6 Å². The Morgan fingerprint density at radius 3 is 1.95 bits per heavy atom. The van der Waals surface area contributed by atoms with Gasteiger partial charge >= 0.3 is 0 Å². The van der Waals surface area contributed by atoms with Gasteiger partial charge in [-0.3, -0.25) is 0 Å². The molecule has 0 spiro atoms. The molecule has 2 heteroatoms. The van der Waals surface area contributed by atoms with Gasteiger partial charge in [0.1, 0.15) is 11.2 Å². The molecule has 0 saturated carbocycles. The molecule has 2 nitrogen and oxygen atoms in total. The highest BCUT2D eigenvalue weighted by Gasteiger charge is 2.19. The van der Waals surface area contributed by atoms with E-state index < -0.39 is 0 Å². The maximum atomic E-state index is 6.30. The Bertz CT molecular complexity index is 2650. The van der Waals surface area contributed by atoms with Gasteiger partial charge in [0.25, 0.3) is 0 Å². The van der Waals surface area contributed by atoms with Gasteiger partial charge in [0.2, 0.25) is 0 Å². The summed E-state index contributed by atoms with van der Waals surface area (Å²) in [7, 11) is 0. The van der Waals surface area contributed by atoms with Gasteiger partial charge in [0, 0.05) is 21.8 Å². The lowest BCUT2D eigenvalue weighted by Crippen LogP contribution is -1.94. The first-order valence-electron chi connectivity index (χ1n) is 14.4. The van der Waals surface area contributed by atoms with Crippen molar-refractivity contribution >= 4 is 76.1 Å². The van der Waals surface area contributed by atoms with E-state index in [1.54, 1.807) is 0 Å². The van der Waals surface area contributed by atoms with Crippen molar-refractivity contribution in [2.45, 2.75) is 0 Å². The third-order valence-electron chi connectivity index (χ3n) is 9.14. The maximum Gasteiger partial charge on any atom is 0.137 e. The van der Waals surface area contributed by atoms with Gasteiger partial charge in [0.05, 0.1) is 16.4 Å². The predicted octanol–water partition coefficient (Wildman–Crippen LogP) is 11.2. The van der Waals surface area contributed by atoms with E-state index in [0.29, 0.717) is 0 Å². The van der Waals surface area contributed by atoms with Gasteiger partial charge in [0.15, 0.2) is 0 Å². The molecule has 0 N–H and O–H groups in total. The van der Waals surface area contributed by atoms with E-state index in [-0.39, 0.29) is 0 Å². The van der Waals surface area contributed by atoms with Gasteiger partial charge in [-0.05, 0) is 79.8 Å². The lowest BCUT2D eigenvalue weighted by molar-refractivity contribution is 0.669. The summed E-state index contributed by atoms with van der Waals surface area (Å²) in [6.45, 7) is 0. The third kappa shape index (κ3) is 2.83. The standard InChI is InChI=1S/C40H23NO/c1-3-10-34-30(8-1)32-22-23-36-39(33-9-2-4-11-35(33)42-36)40(32)41(34)28-18-14-24(15-19-28)29-20-16-27-13-12-25-6-5-7-26-17-21-31(29)38(27)37(25)26/h1-23H. The van der Waals surface area contributed by atoms with Crippen LogP contribution in [0, 0.1) is 0 Å². The van der Waals surface area contributed by atoms with Gasteiger partial charge in [-0.15, -0.1) is 0 Å². The number of benzene rings is 8. The molecule has 0 atom stereocenters. The number of aromatic nitrogens is 1. The molecular weight excluding hydrogens is 510 g/mol. The molecule has 0 radical (unpaired) electrons. The summed E-state index contributed by atoms with van der Waals surface area (Å²) in [5, 5.41) is 12.7. The second kappa shape index (κ2) is 7.99. The number of para-hydroxylation sites is 2. The Balaban J connectivity index is 1.23. The smallest absolute Gasteiger partial charge is 0.137 e. The Morgan fingerprint density at radius 2 is 1.10 bits per heavy atom. The van der Waals surface area contributed by atoms with E-state index in [1.165, 1.54) is 65.3 Å². The zero-order valence-corrected chi connectivity index (χ0v) is 22.6. The molecule has 10 rings (SSSR count). The molecule has 2 aromatic heterocycles. The van der Waals surface area contributed by atoms with Crippen LogP contribution < -0.4 is 0 Å². The van der Waals surface area contributed by atoms with Crippen LogP contribution in [0.1, 0.15) is 0 Å². The number of hydrogen-bond donors (Lipinski definition) is 0. The number of fused-ring (bicyclic) bond motifs is 7. The summed E-state index contributed by atoms with van der Waals surface area (Å²) in [5.41, 5.74) is 7.84. The molecule has 0 amide bonds. The van der Waals surface area contributed by atoms with Crippen LogP contribution in [0.25, 0.3) is 92.9 Å². The molecule has 0 bridgehead atoms. The van der Waals surface area contributed by atoms with E-state index in [1.807, 2.05) is 6.07 Å². The van der Waals surface area contributed by atoms with Crippen LogP contribution in [0.3, 0.4) is 0 Å². The molecule has 194 valence electrons. The van der Waals surface area contributed by atoms with Crippen molar-refractivity contribution in [1.82, 2.24) is 4.57 Å². The minimum atomic E-state index is 0.915. The molecular formula is C40H23NO. The van der Waals surface area contributed by atoms with E-state index >= 15 is 0 Å². The van der Waals surface area contributed by atoms with Crippen molar-refractivity contribution in [3.05, 3.63) is 140 Å². The van der Waals surface area contributed by atoms with Crippen molar-refractivity contribution in [3.8, 4) is 16.8 Å². The highest BCUT2D eigenvalue weighted by molar-refractivity contribution is 6.26. The fourth-order valence-electron chi connectivity index (χ4n) is 7.31. The van der Waals surface area contributed by atoms with Crippen molar-refractivity contribution in [2.24, 2.45) is 0 Å². The summed E-state index contributed by atoms with van der Waals surface area (Å²) in [6, 6.07) is 50.6. The monoisotopic (exact) mass is 533 g/mol. The number of furan rings is 1. The van der Waals surface area contributed by atoms with Crippen molar-refractivity contribution in [3.63, 3.8) is 0 Å². The first-order valence-corrected chi connectivity index (χ1v) is 14.4. The van der Waals surface area contributed by atoms with Gasteiger partial charge in [-0.1, -0.05) is 103 Å². The Morgan fingerprint density at radius 1 is 0.405 bits per heavy atom. The Kier molecular flexibility index (Phi) is 4.21. The third-order valence-corrected chi connectivity index (χ3v) is 9.14. The van der Waals surface area contributed by atoms with Crippen LogP contribution in [0.5, 0.6) is 0 Å². The highest BCUT2D eigenvalue weighted by atomic mass is 16.3. The molecule has 0 unspecified atom stereocenters. The summed E-state index contributed by atoms with van der Waals surface area (Å²) in [4.78, 5) is 0. The van der Waals surface area contributed by atoms with Crippen LogP contribution in [0.15, 0.2) is 144 Å². The molecule has 42 heavy (non-hydrogen) atoms. The molecule has 10 aromatic rings. The number of hydrogen-bond acceptors (Lipinski definition) is 1. The van der Waals surface area contributed by atoms with Crippen LogP contribution in [0.4, 0.5) is 0 Å². The Labute approximate surface area is 241 Å². The van der Waals surface area contributed by atoms with E-state index in [9.17, 15) is 0 Å². The topological polar surface area (TPSA) is 18.1 Å². The minimum Gasteiger partial charge on any atom is -0.456 e. The van der Waals surface area contributed by atoms with Crippen molar-refractivity contribution in [2.75, 3.05) is 0 Å². The predicted molar refractivity (Wildman–Crippen MR) is 177 cm³/mol. The quantitative estimate of drug-likeness (QED) is 0.202. The molecule has 8 aromatic carbocycles. The molecule has 0 aliphatic rings. The zero-order chi connectivity index (χ0) is 27.4. The van der Waals surface area contributed by atoms with Crippen LogP contribution >= 0.6 is 0 Å². The molecule has 2 heterocycles.